The number of carbonyl (C=O) groups is 1. The summed E-state index contributed by atoms with van der Waals surface area (Å²) < 4.78 is 0. The first kappa shape index (κ1) is 22.8. The number of nitrogens with zero attached hydrogens (tertiary/aromatic N) is 1. The van der Waals surface area contributed by atoms with E-state index in [1.807, 2.05) is 12.1 Å². The van der Waals surface area contributed by atoms with Gasteiger partial charge in [0.2, 0.25) is 0 Å². The second kappa shape index (κ2) is 12.1. The Morgan fingerprint density at radius 1 is 1.25 bits per heavy atom. The van der Waals surface area contributed by atoms with Crippen LogP contribution in [0.25, 0.3) is 0 Å². The van der Waals surface area contributed by atoms with Crippen molar-refractivity contribution in [3.8, 4) is 0 Å². The van der Waals surface area contributed by atoms with Gasteiger partial charge in [-0.2, -0.15) is 0 Å². The summed E-state index contributed by atoms with van der Waals surface area (Å²) >= 11 is 6.56. The molecule has 28 heavy (non-hydrogen) atoms. The van der Waals surface area contributed by atoms with Crippen LogP contribution in [-0.2, 0) is 4.79 Å². The summed E-state index contributed by atoms with van der Waals surface area (Å²) in [6, 6.07) is 8.50. The molecule has 0 aromatic heterocycles. The summed E-state index contributed by atoms with van der Waals surface area (Å²) in [6.45, 7) is 3.10. The highest BCUT2D eigenvalue weighted by Crippen LogP contribution is 2.32. The summed E-state index contributed by atoms with van der Waals surface area (Å²) in [6.07, 6.45) is 11.5. The predicted molar refractivity (Wildman–Crippen MR) is 116 cm³/mol. The minimum absolute atomic E-state index is 0.114. The molecule has 1 aromatic carbocycles. The van der Waals surface area contributed by atoms with Crippen LogP contribution in [-0.4, -0.2) is 34.1 Å². The Morgan fingerprint density at radius 3 is 2.68 bits per heavy atom. The van der Waals surface area contributed by atoms with E-state index in [4.69, 9.17) is 16.7 Å². The van der Waals surface area contributed by atoms with Crippen LogP contribution in [0, 0.1) is 0 Å². The lowest BCUT2D eigenvalue weighted by atomic mass is 10.0. The van der Waals surface area contributed by atoms with Crippen LogP contribution in [0.3, 0.4) is 0 Å². The molecule has 5 heteroatoms. The number of rotatable bonds is 12. The van der Waals surface area contributed by atoms with E-state index in [2.05, 4.69) is 36.1 Å². The average molecular weight is 408 g/mol. The molecule has 0 aliphatic carbocycles. The maximum absolute atomic E-state index is 10.6. The summed E-state index contributed by atoms with van der Waals surface area (Å²) in [7, 11) is 0. The number of aliphatic hydroxyl groups excluding tert-OH is 1. The van der Waals surface area contributed by atoms with Gasteiger partial charge in [-0.3, -0.25) is 4.79 Å². The molecule has 0 bridgehead atoms. The highest BCUT2D eigenvalue weighted by Gasteiger charge is 2.32. The molecule has 0 saturated carbocycles. The normalized spacial score (nSPS) is 20.8. The largest absolute Gasteiger partial charge is 0.481 e. The molecule has 1 fully saturated rings. The van der Waals surface area contributed by atoms with Crippen molar-refractivity contribution in [2.24, 2.45) is 0 Å². The molecule has 0 radical (unpaired) electrons. The number of carboxylic acid groups (broad SMARTS) is 1. The van der Waals surface area contributed by atoms with E-state index in [-0.39, 0.29) is 23.9 Å². The van der Waals surface area contributed by atoms with Crippen LogP contribution >= 0.6 is 11.6 Å². The van der Waals surface area contributed by atoms with Crippen molar-refractivity contribution in [2.45, 2.75) is 82.2 Å². The first-order chi connectivity index (χ1) is 13.5. The SMILES string of the molecule is CCCCCC(O)c1ccc(N2CCC(Cl)[C@@H]2C/C=C\CCCC(=O)O)cc1. The minimum atomic E-state index is -0.741. The quantitative estimate of drug-likeness (QED) is 0.265. The van der Waals surface area contributed by atoms with Crippen molar-refractivity contribution < 1.29 is 15.0 Å². The first-order valence-corrected chi connectivity index (χ1v) is 11.0. The highest BCUT2D eigenvalue weighted by atomic mass is 35.5. The summed E-state index contributed by atoms with van der Waals surface area (Å²) in [5.41, 5.74) is 2.13. The molecule has 1 aromatic rings. The Bertz CT molecular complexity index is 617. The number of allylic oxidation sites excluding steroid dienone is 1. The zero-order valence-corrected chi connectivity index (χ0v) is 17.7. The molecule has 4 nitrogen and oxygen atoms in total. The van der Waals surface area contributed by atoms with Gasteiger partial charge in [0.25, 0.3) is 0 Å². The monoisotopic (exact) mass is 407 g/mol. The number of hydrogen-bond acceptors (Lipinski definition) is 3. The van der Waals surface area contributed by atoms with Gasteiger partial charge in [0, 0.05) is 24.7 Å². The number of unbranched alkanes of at least 4 members (excludes halogenated alkanes) is 3. The molecule has 3 atom stereocenters. The molecule has 2 rings (SSSR count). The first-order valence-electron chi connectivity index (χ1n) is 10.6. The summed E-state index contributed by atoms with van der Waals surface area (Å²) in [4.78, 5) is 12.9. The van der Waals surface area contributed by atoms with Crippen LogP contribution in [0.4, 0.5) is 5.69 Å². The van der Waals surface area contributed by atoms with Gasteiger partial charge < -0.3 is 15.1 Å². The lowest BCUT2D eigenvalue weighted by molar-refractivity contribution is -0.137. The minimum Gasteiger partial charge on any atom is -0.481 e. The standard InChI is InChI=1S/C23H34ClNO3/c1-2-3-6-10-22(26)18-12-14-19(15-13-18)25-17-16-20(24)21(25)9-7-4-5-8-11-23(27)28/h4,7,12-15,20-22,26H,2-3,5-6,8-11,16-17H2,1H3,(H,27,28)/b7-4-/t20?,21-,22?/m0/s1. The molecule has 1 aliphatic heterocycles. The second-order valence-electron chi connectivity index (χ2n) is 7.66. The summed E-state index contributed by atoms with van der Waals surface area (Å²) in [5, 5.41) is 19.1. The van der Waals surface area contributed by atoms with E-state index in [1.54, 1.807) is 0 Å². The van der Waals surface area contributed by atoms with Crippen molar-refractivity contribution >= 4 is 23.3 Å². The number of carboxylic acids is 1. The number of benzene rings is 1. The average Bonchev–Trinajstić information content (AvgIpc) is 3.05. The number of alkyl halides is 1. The second-order valence-corrected chi connectivity index (χ2v) is 8.22. The number of hydrogen-bond donors (Lipinski definition) is 2. The topological polar surface area (TPSA) is 60.8 Å². The van der Waals surface area contributed by atoms with Crippen molar-refractivity contribution in [3.63, 3.8) is 0 Å². The Labute approximate surface area is 174 Å². The van der Waals surface area contributed by atoms with Crippen LogP contribution in [0.5, 0.6) is 0 Å². The Balaban J connectivity index is 1.89. The zero-order chi connectivity index (χ0) is 20.4. The van der Waals surface area contributed by atoms with Crippen LogP contribution in [0.1, 0.15) is 76.4 Å². The zero-order valence-electron chi connectivity index (χ0n) is 16.9. The Kier molecular flexibility index (Phi) is 9.86. The van der Waals surface area contributed by atoms with Gasteiger partial charge in [0.1, 0.15) is 0 Å². The van der Waals surface area contributed by atoms with E-state index >= 15 is 0 Å². The maximum Gasteiger partial charge on any atom is 0.303 e. The fourth-order valence-electron chi connectivity index (χ4n) is 3.78. The van der Waals surface area contributed by atoms with Gasteiger partial charge in [-0.15, -0.1) is 11.6 Å². The molecule has 156 valence electrons. The molecule has 2 N–H and O–H groups in total. The van der Waals surface area contributed by atoms with Crippen LogP contribution in [0.15, 0.2) is 36.4 Å². The van der Waals surface area contributed by atoms with E-state index in [0.717, 1.165) is 62.7 Å². The van der Waals surface area contributed by atoms with Gasteiger partial charge in [0.15, 0.2) is 0 Å². The molecular formula is C23H34ClNO3. The number of anilines is 1. The van der Waals surface area contributed by atoms with E-state index in [1.165, 1.54) is 0 Å². The Morgan fingerprint density at radius 2 is 2.00 bits per heavy atom. The van der Waals surface area contributed by atoms with Gasteiger partial charge in [0.05, 0.1) is 11.5 Å². The number of aliphatic carboxylic acids is 1. The van der Waals surface area contributed by atoms with Crippen molar-refractivity contribution in [1.82, 2.24) is 0 Å². The molecule has 1 heterocycles. The lowest BCUT2D eigenvalue weighted by Gasteiger charge is -2.28. The van der Waals surface area contributed by atoms with Crippen molar-refractivity contribution in [2.75, 3.05) is 11.4 Å². The smallest absolute Gasteiger partial charge is 0.303 e. The molecule has 1 saturated heterocycles. The van der Waals surface area contributed by atoms with Gasteiger partial charge >= 0.3 is 5.97 Å². The van der Waals surface area contributed by atoms with Crippen molar-refractivity contribution in [3.05, 3.63) is 42.0 Å². The van der Waals surface area contributed by atoms with E-state index < -0.39 is 5.97 Å². The molecule has 0 spiro atoms. The molecule has 1 aliphatic rings. The highest BCUT2D eigenvalue weighted by molar-refractivity contribution is 6.21. The van der Waals surface area contributed by atoms with Gasteiger partial charge in [-0.1, -0.05) is 50.5 Å². The number of aliphatic hydroxyl groups is 1. The fraction of sp³-hybridized carbons (Fsp3) is 0.609. The fourth-order valence-corrected chi connectivity index (χ4v) is 4.11. The predicted octanol–water partition coefficient (Wildman–Crippen LogP) is 5.69. The van der Waals surface area contributed by atoms with E-state index in [9.17, 15) is 9.90 Å². The van der Waals surface area contributed by atoms with Crippen molar-refractivity contribution in [1.29, 1.82) is 0 Å². The van der Waals surface area contributed by atoms with E-state index in [0.29, 0.717) is 6.42 Å². The van der Waals surface area contributed by atoms with Crippen LogP contribution < -0.4 is 4.90 Å². The third-order valence-corrected chi connectivity index (χ3v) is 5.97. The molecule has 2 unspecified atom stereocenters. The summed E-state index contributed by atoms with van der Waals surface area (Å²) in [5.74, 6) is -0.741. The molecular weight excluding hydrogens is 374 g/mol. The third kappa shape index (κ3) is 7.14. The maximum atomic E-state index is 10.6. The Hall–Kier alpha value is -1.52. The van der Waals surface area contributed by atoms with Crippen LogP contribution in [0.2, 0.25) is 0 Å². The lowest BCUT2D eigenvalue weighted by Crippen LogP contribution is -2.32. The molecule has 0 amide bonds. The third-order valence-electron chi connectivity index (χ3n) is 5.46. The van der Waals surface area contributed by atoms with Gasteiger partial charge in [-0.25, -0.2) is 0 Å². The van der Waals surface area contributed by atoms with Gasteiger partial charge in [-0.05, 0) is 49.8 Å². The number of halogens is 1.